The van der Waals surface area contributed by atoms with Gasteiger partial charge in [0.25, 0.3) is 11.8 Å². The molecule has 4 rings (SSSR count). The average molecular weight is 386 g/mol. The van der Waals surface area contributed by atoms with E-state index in [0.717, 1.165) is 17.5 Å². The molecule has 1 aliphatic heterocycles. The van der Waals surface area contributed by atoms with Crippen molar-refractivity contribution in [2.75, 3.05) is 23.4 Å². The minimum atomic E-state index is -0.179. The Morgan fingerprint density at radius 1 is 1.03 bits per heavy atom. The summed E-state index contributed by atoms with van der Waals surface area (Å²) in [4.78, 5) is 26.9. The van der Waals surface area contributed by atoms with Gasteiger partial charge in [-0.2, -0.15) is 0 Å². The number of hydrogen-bond acceptors (Lipinski definition) is 3. The van der Waals surface area contributed by atoms with Crippen LogP contribution in [0.3, 0.4) is 0 Å². The summed E-state index contributed by atoms with van der Waals surface area (Å²) in [5.41, 5.74) is 4.00. The molecule has 0 aromatic heterocycles. The third-order valence-corrected chi connectivity index (χ3v) is 5.02. The van der Waals surface area contributed by atoms with Crippen molar-refractivity contribution >= 4 is 23.2 Å². The Kier molecular flexibility index (Phi) is 5.29. The lowest BCUT2D eigenvalue weighted by atomic mass is 10.1. The standard InChI is InChI=1S/C24H22N2O3/c1-17-7-5-6-10-20(17)24(28)25-19-11-12-22-21(15-19)26(23(27)16-29-22)14-13-18-8-3-2-4-9-18/h2-12,15H,13-14,16H2,1H3,(H,25,28). The van der Waals surface area contributed by atoms with Crippen LogP contribution < -0.4 is 15.0 Å². The van der Waals surface area contributed by atoms with Gasteiger partial charge in [-0.15, -0.1) is 0 Å². The third-order valence-electron chi connectivity index (χ3n) is 5.02. The van der Waals surface area contributed by atoms with Gasteiger partial charge >= 0.3 is 0 Å². The van der Waals surface area contributed by atoms with Gasteiger partial charge in [0.2, 0.25) is 0 Å². The first-order chi connectivity index (χ1) is 14.1. The monoisotopic (exact) mass is 386 g/mol. The first-order valence-electron chi connectivity index (χ1n) is 9.60. The Bertz CT molecular complexity index is 1050. The summed E-state index contributed by atoms with van der Waals surface area (Å²) < 4.78 is 5.58. The van der Waals surface area contributed by atoms with Crippen LogP contribution in [-0.4, -0.2) is 25.0 Å². The van der Waals surface area contributed by atoms with Crippen LogP contribution in [0.25, 0.3) is 0 Å². The Hall–Kier alpha value is -3.60. The highest BCUT2D eigenvalue weighted by Gasteiger charge is 2.26. The SMILES string of the molecule is Cc1ccccc1C(=O)Nc1ccc2c(c1)N(CCc1ccccc1)C(=O)CO2. The molecule has 0 atom stereocenters. The fraction of sp³-hybridized carbons (Fsp3) is 0.167. The van der Waals surface area contributed by atoms with Gasteiger partial charge in [0.1, 0.15) is 5.75 Å². The molecular weight excluding hydrogens is 364 g/mol. The van der Waals surface area contributed by atoms with Gasteiger partial charge in [0.05, 0.1) is 5.69 Å². The normalized spacial score (nSPS) is 12.9. The van der Waals surface area contributed by atoms with Crippen molar-refractivity contribution in [3.63, 3.8) is 0 Å². The first kappa shape index (κ1) is 18.7. The number of fused-ring (bicyclic) bond motifs is 1. The molecule has 146 valence electrons. The van der Waals surface area contributed by atoms with E-state index in [9.17, 15) is 9.59 Å². The Balaban J connectivity index is 1.55. The zero-order valence-corrected chi connectivity index (χ0v) is 16.2. The van der Waals surface area contributed by atoms with Crippen LogP contribution in [0.1, 0.15) is 21.5 Å². The number of nitrogens with one attached hydrogen (secondary N) is 1. The predicted molar refractivity (Wildman–Crippen MR) is 114 cm³/mol. The van der Waals surface area contributed by atoms with Crippen LogP contribution in [0.2, 0.25) is 0 Å². The Labute approximate surface area is 169 Å². The van der Waals surface area contributed by atoms with Gasteiger partial charge in [-0.05, 0) is 48.7 Å². The summed E-state index contributed by atoms with van der Waals surface area (Å²) >= 11 is 0. The lowest BCUT2D eigenvalue weighted by molar-refractivity contribution is -0.121. The second kappa shape index (κ2) is 8.19. The van der Waals surface area contributed by atoms with E-state index in [2.05, 4.69) is 5.32 Å². The Morgan fingerprint density at radius 3 is 2.59 bits per heavy atom. The van der Waals surface area contributed by atoms with Gasteiger partial charge in [-0.25, -0.2) is 0 Å². The highest BCUT2D eigenvalue weighted by molar-refractivity contribution is 6.06. The summed E-state index contributed by atoms with van der Waals surface area (Å²) in [6.45, 7) is 2.48. The number of amides is 2. The van der Waals surface area contributed by atoms with Crippen molar-refractivity contribution < 1.29 is 14.3 Å². The number of carbonyl (C=O) groups excluding carboxylic acids is 2. The quantitative estimate of drug-likeness (QED) is 0.714. The summed E-state index contributed by atoms with van der Waals surface area (Å²) in [5.74, 6) is 0.379. The van der Waals surface area contributed by atoms with Crippen molar-refractivity contribution in [3.05, 3.63) is 89.5 Å². The number of carbonyl (C=O) groups is 2. The van der Waals surface area contributed by atoms with Crippen molar-refractivity contribution in [1.29, 1.82) is 0 Å². The van der Waals surface area contributed by atoms with Crippen LogP contribution >= 0.6 is 0 Å². The minimum absolute atomic E-state index is 0.0245. The molecule has 0 aliphatic carbocycles. The van der Waals surface area contributed by atoms with Crippen LogP contribution in [0.5, 0.6) is 5.75 Å². The zero-order valence-electron chi connectivity index (χ0n) is 16.2. The summed E-state index contributed by atoms with van der Waals surface area (Å²) in [5, 5.41) is 2.93. The molecule has 29 heavy (non-hydrogen) atoms. The van der Waals surface area contributed by atoms with Gasteiger partial charge in [0.15, 0.2) is 6.61 Å². The second-order valence-corrected chi connectivity index (χ2v) is 7.02. The van der Waals surface area contributed by atoms with E-state index >= 15 is 0 Å². The molecule has 0 radical (unpaired) electrons. The molecular formula is C24H22N2O3. The first-order valence-corrected chi connectivity index (χ1v) is 9.60. The van der Waals surface area contributed by atoms with Gasteiger partial charge in [-0.1, -0.05) is 48.5 Å². The van der Waals surface area contributed by atoms with E-state index in [0.29, 0.717) is 29.2 Å². The minimum Gasteiger partial charge on any atom is -0.482 e. The molecule has 5 heteroatoms. The largest absolute Gasteiger partial charge is 0.482 e. The van der Waals surface area contributed by atoms with Crippen molar-refractivity contribution in [2.45, 2.75) is 13.3 Å². The smallest absolute Gasteiger partial charge is 0.265 e. The van der Waals surface area contributed by atoms with E-state index < -0.39 is 0 Å². The van der Waals surface area contributed by atoms with Crippen molar-refractivity contribution in [1.82, 2.24) is 0 Å². The topological polar surface area (TPSA) is 58.6 Å². The highest BCUT2D eigenvalue weighted by atomic mass is 16.5. The fourth-order valence-electron chi connectivity index (χ4n) is 3.44. The maximum atomic E-state index is 12.6. The van der Waals surface area contributed by atoms with Crippen molar-refractivity contribution in [2.24, 2.45) is 0 Å². The number of rotatable bonds is 5. The molecule has 3 aromatic carbocycles. The van der Waals surface area contributed by atoms with Crippen LogP contribution in [0.15, 0.2) is 72.8 Å². The maximum Gasteiger partial charge on any atom is 0.265 e. The molecule has 3 aromatic rings. The maximum absolute atomic E-state index is 12.6. The average Bonchev–Trinajstić information content (AvgIpc) is 2.74. The van der Waals surface area contributed by atoms with E-state index in [1.54, 1.807) is 29.2 Å². The highest BCUT2D eigenvalue weighted by Crippen LogP contribution is 2.35. The van der Waals surface area contributed by atoms with Crippen LogP contribution in [0.4, 0.5) is 11.4 Å². The fourth-order valence-corrected chi connectivity index (χ4v) is 3.44. The molecule has 2 amide bonds. The second-order valence-electron chi connectivity index (χ2n) is 7.02. The lowest BCUT2D eigenvalue weighted by Gasteiger charge is -2.30. The number of benzene rings is 3. The lowest BCUT2D eigenvalue weighted by Crippen LogP contribution is -2.40. The van der Waals surface area contributed by atoms with E-state index in [-0.39, 0.29) is 18.4 Å². The van der Waals surface area contributed by atoms with Crippen LogP contribution in [0, 0.1) is 6.92 Å². The number of ether oxygens (including phenoxy) is 1. The summed E-state index contributed by atoms with van der Waals surface area (Å²) in [7, 11) is 0. The molecule has 1 N–H and O–H groups in total. The molecule has 0 unspecified atom stereocenters. The predicted octanol–water partition coefficient (Wildman–Crippen LogP) is 4.22. The number of nitrogens with zero attached hydrogens (tertiary/aromatic N) is 1. The molecule has 0 fully saturated rings. The molecule has 0 bridgehead atoms. The Morgan fingerprint density at radius 2 is 1.79 bits per heavy atom. The van der Waals surface area contributed by atoms with Gasteiger partial charge in [-0.3, -0.25) is 9.59 Å². The van der Waals surface area contributed by atoms with Crippen LogP contribution in [-0.2, 0) is 11.2 Å². The molecule has 0 saturated heterocycles. The van der Waals surface area contributed by atoms with Crippen molar-refractivity contribution in [3.8, 4) is 5.75 Å². The van der Waals surface area contributed by atoms with Gasteiger partial charge in [0, 0.05) is 17.8 Å². The van der Waals surface area contributed by atoms with E-state index in [4.69, 9.17) is 4.74 Å². The van der Waals surface area contributed by atoms with Gasteiger partial charge < -0.3 is 15.0 Å². The third kappa shape index (κ3) is 4.14. The summed E-state index contributed by atoms with van der Waals surface area (Å²) in [6.07, 6.45) is 0.742. The number of anilines is 2. The number of aryl methyl sites for hydroxylation is 1. The number of hydrogen-bond donors (Lipinski definition) is 1. The van der Waals surface area contributed by atoms with E-state index in [1.165, 1.54) is 0 Å². The molecule has 1 aliphatic rings. The zero-order chi connectivity index (χ0) is 20.2. The molecule has 1 heterocycles. The summed E-state index contributed by atoms with van der Waals surface area (Å²) in [6, 6.07) is 22.9. The van der Waals surface area contributed by atoms with E-state index in [1.807, 2.05) is 55.5 Å². The molecule has 0 spiro atoms. The molecule has 0 saturated carbocycles. The molecule has 5 nitrogen and oxygen atoms in total.